The van der Waals surface area contributed by atoms with Crippen molar-refractivity contribution in [2.45, 2.75) is 19.4 Å². The molecule has 0 aliphatic rings. The molecule has 0 atom stereocenters. The second-order valence-corrected chi connectivity index (χ2v) is 5.87. The van der Waals surface area contributed by atoms with Crippen molar-refractivity contribution in [2.75, 3.05) is 18.6 Å². The molecular formula is C12H17BrClNS. The van der Waals surface area contributed by atoms with Gasteiger partial charge in [0.2, 0.25) is 0 Å². The summed E-state index contributed by atoms with van der Waals surface area (Å²) in [5.41, 5.74) is 1.26. The molecule has 90 valence electrons. The smallest absolute Gasteiger partial charge is 0.0548 e. The maximum atomic E-state index is 5.93. The van der Waals surface area contributed by atoms with Crippen LogP contribution in [-0.2, 0) is 6.54 Å². The van der Waals surface area contributed by atoms with E-state index in [4.69, 9.17) is 11.6 Å². The van der Waals surface area contributed by atoms with Crippen molar-refractivity contribution in [3.63, 3.8) is 0 Å². The van der Waals surface area contributed by atoms with Gasteiger partial charge in [-0.3, -0.25) is 0 Å². The van der Waals surface area contributed by atoms with E-state index in [1.54, 1.807) is 0 Å². The Bertz CT molecular complexity index is 320. The summed E-state index contributed by atoms with van der Waals surface area (Å²) in [4.78, 5) is 0. The van der Waals surface area contributed by atoms with Crippen molar-refractivity contribution in [1.29, 1.82) is 0 Å². The van der Waals surface area contributed by atoms with Gasteiger partial charge in [-0.05, 0) is 65.0 Å². The van der Waals surface area contributed by atoms with Crippen molar-refractivity contribution in [3.8, 4) is 0 Å². The first-order valence-corrected chi connectivity index (χ1v) is 7.94. The Hall–Kier alpha value is 0.300. The second-order valence-electron chi connectivity index (χ2n) is 3.63. The van der Waals surface area contributed by atoms with Crippen molar-refractivity contribution in [1.82, 2.24) is 5.32 Å². The van der Waals surface area contributed by atoms with Gasteiger partial charge in [0.25, 0.3) is 0 Å². The highest BCUT2D eigenvalue weighted by Gasteiger charge is 1.98. The first-order valence-electron chi connectivity index (χ1n) is 5.37. The molecular weight excluding hydrogens is 306 g/mol. The van der Waals surface area contributed by atoms with E-state index >= 15 is 0 Å². The fraction of sp³-hybridized carbons (Fsp3) is 0.500. The number of thioether (sulfide) groups is 1. The molecule has 1 aromatic rings. The summed E-state index contributed by atoms with van der Waals surface area (Å²) in [6, 6.07) is 6.05. The molecule has 0 aliphatic heterocycles. The molecule has 0 aromatic heterocycles. The molecule has 0 unspecified atom stereocenters. The molecule has 1 rings (SSSR count). The molecule has 4 heteroatoms. The fourth-order valence-corrected chi connectivity index (χ4v) is 2.42. The quantitative estimate of drug-likeness (QED) is 0.750. The molecule has 0 fully saturated rings. The van der Waals surface area contributed by atoms with Gasteiger partial charge in [0, 0.05) is 11.0 Å². The van der Waals surface area contributed by atoms with Gasteiger partial charge in [-0.15, -0.1) is 0 Å². The van der Waals surface area contributed by atoms with Crippen LogP contribution in [0.15, 0.2) is 22.7 Å². The lowest BCUT2D eigenvalue weighted by Gasteiger charge is -2.05. The summed E-state index contributed by atoms with van der Waals surface area (Å²) in [5, 5.41) is 4.20. The first-order chi connectivity index (χ1) is 7.74. The molecule has 1 N–H and O–H groups in total. The summed E-state index contributed by atoms with van der Waals surface area (Å²) in [5.74, 6) is 1.26. The van der Waals surface area contributed by atoms with E-state index in [0.717, 1.165) is 22.6 Å². The van der Waals surface area contributed by atoms with E-state index in [2.05, 4.69) is 39.6 Å². The monoisotopic (exact) mass is 321 g/mol. The van der Waals surface area contributed by atoms with Crippen LogP contribution >= 0.6 is 39.3 Å². The Morgan fingerprint density at radius 1 is 1.38 bits per heavy atom. The number of hydrogen-bond donors (Lipinski definition) is 1. The largest absolute Gasteiger partial charge is 0.313 e. The third-order valence-corrected chi connectivity index (χ3v) is 4.18. The van der Waals surface area contributed by atoms with E-state index in [1.807, 2.05) is 17.8 Å². The van der Waals surface area contributed by atoms with E-state index in [0.29, 0.717) is 0 Å². The normalized spacial score (nSPS) is 10.7. The zero-order valence-electron chi connectivity index (χ0n) is 9.43. The lowest BCUT2D eigenvalue weighted by atomic mass is 10.2. The van der Waals surface area contributed by atoms with Crippen LogP contribution in [-0.4, -0.2) is 18.6 Å². The van der Waals surface area contributed by atoms with Gasteiger partial charge in [0.05, 0.1) is 5.02 Å². The molecule has 16 heavy (non-hydrogen) atoms. The van der Waals surface area contributed by atoms with E-state index in [9.17, 15) is 0 Å². The average molecular weight is 323 g/mol. The molecule has 0 saturated heterocycles. The zero-order valence-corrected chi connectivity index (χ0v) is 12.6. The SMILES string of the molecule is CSCCCCNCc1ccc(Cl)c(Br)c1. The number of rotatable bonds is 7. The van der Waals surface area contributed by atoms with Gasteiger partial charge < -0.3 is 5.32 Å². The topological polar surface area (TPSA) is 12.0 Å². The molecule has 0 saturated carbocycles. The summed E-state index contributed by atoms with van der Waals surface area (Å²) < 4.78 is 0.968. The predicted octanol–water partition coefficient (Wildman–Crippen LogP) is 4.34. The Balaban J connectivity index is 2.19. The van der Waals surface area contributed by atoms with E-state index in [-0.39, 0.29) is 0 Å². The van der Waals surface area contributed by atoms with Gasteiger partial charge >= 0.3 is 0 Å². The van der Waals surface area contributed by atoms with Crippen LogP contribution in [0.3, 0.4) is 0 Å². The molecule has 0 heterocycles. The maximum Gasteiger partial charge on any atom is 0.0548 e. The van der Waals surface area contributed by atoms with Crippen molar-refractivity contribution in [3.05, 3.63) is 33.3 Å². The van der Waals surface area contributed by atoms with E-state index in [1.165, 1.54) is 24.2 Å². The number of benzene rings is 1. The van der Waals surface area contributed by atoms with Gasteiger partial charge in [-0.1, -0.05) is 17.7 Å². The summed E-state index contributed by atoms with van der Waals surface area (Å²) in [6.07, 6.45) is 4.69. The third-order valence-electron chi connectivity index (χ3n) is 2.27. The highest BCUT2D eigenvalue weighted by atomic mass is 79.9. The summed E-state index contributed by atoms with van der Waals surface area (Å²) in [6.45, 7) is 2.00. The van der Waals surface area contributed by atoms with Gasteiger partial charge in [-0.2, -0.15) is 11.8 Å². The number of halogens is 2. The number of nitrogens with one attached hydrogen (secondary N) is 1. The van der Waals surface area contributed by atoms with Gasteiger partial charge in [0.15, 0.2) is 0 Å². The molecule has 0 bridgehead atoms. The lowest BCUT2D eigenvalue weighted by molar-refractivity contribution is 0.644. The van der Waals surface area contributed by atoms with Crippen molar-refractivity contribution < 1.29 is 0 Å². The molecule has 0 radical (unpaired) electrons. The number of hydrogen-bond acceptors (Lipinski definition) is 2. The molecule has 1 nitrogen and oxygen atoms in total. The van der Waals surface area contributed by atoms with Gasteiger partial charge in [0.1, 0.15) is 0 Å². The Kier molecular flexibility index (Phi) is 7.54. The van der Waals surface area contributed by atoms with Crippen LogP contribution in [0.4, 0.5) is 0 Å². The van der Waals surface area contributed by atoms with E-state index < -0.39 is 0 Å². The molecule has 0 aliphatic carbocycles. The minimum Gasteiger partial charge on any atom is -0.313 e. The van der Waals surface area contributed by atoms with Crippen LogP contribution in [0.5, 0.6) is 0 Å². The average Bonchev–Trinajstić information content (AvgIpc) is 2.28. The minimum absolute atomic E-state index is 0.767. The second kappa shape index (κ2) is 8.40. The highest BCUT2D eigenvalue weighted by Crippen LogP contribution is 2.23. The third kappa shape index (κ3) is 5.58. The number of unbranched alkanes of at least 4 members (excludes halogenated alkanes) is 1. The maximum absolute atomic E-state index is 5.93. The van der Waals surface area contributed by atoms with Gasteiger partial charge in [-0.25, -0.2) is 0 Å². The van der Waals surface area contributed by atoms with Crippen LogP contribution in [0.2, 0.25) is 5.02 Å². The van der Waals surface area contributed by atoms with Crippen LogP contribution in [0.1, 0.15) is 18.4 Å². The molecule has 0 spiro atoms. The zero-order chi connectivity index (χ0) is 11.8. The Labute approximate surface area is 115 Å². The fourth-order valence-electron chi connectivity index (χ4n) is 1.38. The Morgan fingerprint density at radius 2 is 2.19 bits per heavy atom. The lowest BCUT2D eigenvalue weighted by Crippen LogP contribution is -2.14. The van der Waals surface area contributed by atoms with Crippen LogP contribution < -0.4 is 5.32 Å². The molecule has 0 amide bonds. The molecule has 1 aromatic carbocycles. The predicted molar refractivity (Wildman–Crippen MR) is 78.5 cm³/mol. The summed E-state index contributed by atoms with van der Waals surface area (Å²) >= 11 is 11.3. The Morgan fingerprint density at radius 3 is 2.88 bits per heavy atom. The van der Waals surface area contributed by atoms with Crippen molar-refractivity contribution in [2.24, 2.45) is 0 Å². The van der Waals surface area contributed by atoms with Crippen molar-refractivity contribution >= 4 is 39.3 Å². The minimum atomic E-state index is 0.767. The summed E-state index contributed by atoms with van der Waals surface area (Å²) in [7, 11) is 0. The first kappa shape index (κ1) is 14.4. The van der Waals surface area contributed by atoms with Crippen LogP contribution in [0.25, 0.3) is 0 Å². The highest BCUT2D eigenvalue weighted by molar-refractivity contribution is 9.10. The van der Waals surface area contributed by atoms with Crippen LogP contribution in [0, 0.1) is 0 Å². The standard InChI is InChI=1S/C12H17BrClNS/c1-16-7-3-2-6-15-9-10-4-5-12(14)11(13)8-10/h4-5,8,15H,2-3,6-7,9H2,1H3.